The van der Waals surface area contributed by atoms with Gasteiger partial charge >= 0.3 is 5.69 Å². The van der Waals surface area contributed by atoms with Gasteiger partial charge in [-0.2, -0.15) is 0 Å². The normalized spacial score (nSPS) is 11.9. The number of carbonyl (C=O) groups is 1. The summed E-state index contributed by atoms with van der Waals surface area (Å²) in [4.78, 5) is 29.5. The summed E-state index contributed by atoms with van der Waals surface area (Å²) in [6.45, 7) is -0.300. The number of para-hydroxylation sites is 3. The van der Waals surface area contributed by atoms with Gasteiger partial charge in [-0.05, 0) is 23.6 Å². The Hall–Kier alpha value is -3.65. The van der Waals surface area contributed by atoms with Crippen molar-refractivity contribution in [1.82, 2.24) is 9.88 Å². The minimum absolute atomic E-state index is 0.0732. The van der Waals surface area contributed by atoms with E-state index in [0.717, 1.165) is 21.3 Å². The molecule has 8 heteroatoms. The van der Waals surface area contributed by atoms with Crippen molar-refractivity contribution >= 4 is 33.8 Å². The van der Waals surface area contributed by atoms with E-state index < -0.39 is 4.92 Å². The number of ether oxygens (including phenoxy) is 1. The first-order valence-corrected chi connectivity index (χ1v) is 10.2. The lowest BCUT2D eigenvalue weighted by atomic mass is 10.0. The molecule has 152 valence electrons. The number of nitro benzene ring substituents is 1. The van der Waals surface area contributed by atoms with E-state index in [9.17, 15) is 14.9 Å². The van der Waals surface area contributed by atoms with Gasteiger partial charge < -0.3 is 14.6 Å². The molecular weight excluding hydrogens is 402 g/mol. The summed E-state index contributed by atoms with van der Waals surface area (Å²) < 4.78 is 5.52. The van der Waals surface area contributed by atoms with Crippen LogP contribution in [0.2, 0.25) is 0 Å². The highest BCUT2D eigenvalue weighted by molar-refractivity contribution is 7.10. The van der Waals surface area contributed by atoms with Crippen molar-refractivity contribution in [2.24, 2.45) is 0 Å². The van der Waals surface area contributed by atoms with Gasteiger partial charge in [0.1, 0.15) is 0 Å². The summed E-state index contributed by atoms with van der Waals surface area (Å²) in [7, 11) is 1.72. The standard InChI is InChI=1S/C22H19N3O4S/c1-24(21(26)14-29-19-10-5-4-9-18(19)25(27)28)22(20-11-6-12-30-20)16-13-23-17-8-3-2-7-15(16)17/h2-13,22-23H,14H2,1H3. The number of amides is 1. The number of hydrogen-bond donors (Lipinski definition) is 1. The van der Waals surface area contributed by atoms with Gasteiger partial charge in [0.25, 0.3) is 5.91 Å². The van der Waals surface area contributed by atoms with Crippen molar-refractivity contribution < 1.29 is 14.5 Å². The summed E-state index contributed by atoms with van der Waals surface area (Å²) in [5.74, 6) is -0.208. The van der Waals surface area contributed by atoms with Crippen LogP contribution in [-0.4, -0.2) is 34.4 Å². The lowest BCUT2D eigenvalue weighted by Gasteiger charge is -2.27. The Morgan fingerprint density at radius 3 is 2.70 bits per heavy atom. The SMILES string of the molecule is CN(C(=O)COc1ccccc1[N+](=O)[O-])C(c1cccs1)c1c[nH]c2ccccc12. The number of aromatic nitrogens is 1. The maximum absolute atomic E-state index is 13.0. The summed E-state index contributed by atoms with van der Waals surface area (Å²) >= 11 is 1.57. The van der Waals surface area contributed by atoms with E-state index in [1.807, 2.05) is 48.0 Å². The second-order valence-corrected chi connectivity index (χ2v) is 7.70. The van der Waals surface area contributed by atoms with Crippen molar-refractivity contribution in [3.63, 3.8) is 0 Å². The second kappa shape index (κ2) is 8.38. The van der Waals surface area contributed by atoms with Crippen LogP contribution in [0.5, 0.6) is 5.75 Å². The molecule has 0 aliphatic heterocycles. The first-order chi connectivity index (χ1) is 14.6. The van der Waals surface area contributed by atoms with Gasteiger partial charge in [0.2, 0.25) is 0 Å². The van der Waals surface area contributed by atoms with Crippen molar-refractivity contribution in [2.75, 3.05) is 13.7 Å². The number of H-pyrrole nitrogens is 1. The molecule has 0 bridgehead atoms. The summed E-state index contributed by atoms with van der Waals surface area (Å²) in [5, 5.41) is 14.2. The lowest BCUT2D eigenvalue weighted by Crippen LogP contribution is -2.35. The van der Waals surface area contributed by atoms with Crippen LogP contribution in [0.3, 0.4) is 0 Å². The number of nitrogens with one attached hydrogen (secondary N) is 1. The zero-order chi connectivity index (χ0) is 21.1. The molecular formula is C22H19N3O4S. The minimum atomic E-state index is -0.524. The second-order valence-electron chi connectivity index (χ2n) is 6.73. The molecule has 1 atom stereocenters. The van der Waals surface area contributed by atoms with E-state index in [4.69, 9.17) is 4.74 Å². The van der Waals surface area contributed by atoms with Gasteiger partial charge in [-0.25, -0.2) is 0 Å². The summed E-state index contributed by atoms with van der Waals surface area (Å²) in [5.41, 5.74) is 1.81. The average Bonchev–Trinajstić information content (AvgIpc) is 3.43. The van der Waals surface area contributed by atoms with E-state index in [0.29, 0.717) is 0 Å². The molecule has 1 unspecified atom stereocenters. The molecule has 30 heavy (non-hydrogen) atoms. The van der Waals surface area contributed by atoms with Crippen molar-refractivity contribution in [3.8, 4) is 5.75 Å². The van der Waals surface area contributed by atoms with Crippen LogP contribution in [0.25, 0.3) is 10.9 Å². The fourth-order valence-electron chi connectivity index (χ4n) is 3.44. The van der Waals surface area contributed by atoms with E-state index in [2.05, 4.69) is 4.98 Å². The highest BCUT2D eigenvalue weighted by Gasteiger charge is 2.27. The van der Waals surface area contributed by atoms with Crippen LogP contribution in [0.4, 0.5) is 5.69 Å². The quantitative estimate of drug-likeness (QED) is 0.344. The molecule has 0 saturated carbocycles. The van der Waals surface area contributed by atoms with Gasteiger partial charge in [0.05, 0.1) is 11.0 Å². The van der Waals surface area contributed by atoms with Gasteiger partial charge in [0.15, 0.2) is 12.4 Å². The number of likely N-dealkylation sites (N-methyl/N-ethyl adjacent to an activating group) is 1. The van der Waals surface area contributed by atoms with Crippen molar-refractivity contribution in [1.29, 1.82) is 0 Å². The highest BCUT2D eigenvalue weighted by atomic mass is 32.1. The predicted molar refractivity (Wildman–Crippen MR) is 116 cm³/mol. The molecule has 7 nitrogen and oxygen atoms in total. The molecule has 0 saturated heterocycles. The Kier molecular flexibility index (Phi) is 5.49. The Balaban J connectivity index is 1.61. The molecule has 4 rings (SSSR count). The molecule has 0 spiro atoms. The number of benzene rings is 2. The maximum atomic E-state index is 13.0. The lowest BCUT2D eigenvalue weighted by molar-refractivity contribution is -0.385. The summed E-state index contributed by atoms with van der Waals surface area (Å²) in [6, 6.07) is 17.6. The number of aromatic amines is 1. The third-order valence-corrected chi connectivity index (χ3v) is 5.85. The first kappa shape index (κ1) is 19.7. The predicted octanol–water partition coefficient (Wildman–Crippen LogP) is 4.76. The fraction of sp³-hybridized carbons (Fsp3) is 0.136. The molecule has 1 amide bonds. The van der Waals surface area contributed by atoms with Gasteiger partial charge in [0, 0.05) is 40.7 Å². The van der Waals surface area contributed by atoms with Crippen molar-refractivity contribution in [3.05, 3.63) is 92.8 Å². The Bertz CT molecular complexity index is 1190. The highest BCUT2D eigenvalue weighted by Crippen LogP contribution is 2.35. The third-order valence-electron chi connectivity index (χ3n) is 4.92. The number of rotatable bonds is 7. The first-order valence-electron chi connectivity index (χ1n) is 9.27. The molecule has 2 aromatic carbocycles. The number of fused-ring (bicyclic) bond motifs is 1. The zero-order valence-electron chi connectivity index (χ0n) is 16.1. The Morgan fingerprint density at radius 2 is 1.93 bits per heavy atom. The topological polar surface area (TPSA) is 88.5 Å². The number of nitrogens with zero attached hydrogens (tertiary/aromatic N) is 2. The molecule has 0 aliphatic carbocycles. The number of hydrogen-bond acceptors (Lipinski definition) is 5. The molecule has 4 aromatic rings. The maximum Gasteiger partial charge on any atom is 0.310 e. The molecule has 1 N–H and O–H groups in total. The largest absolute Gasteiger partial charge is 0.477 e. The molecule has 0 radical (unpaired) electrons. The molecule has 2 heterocycles. The van der Waals surface area contributed by atoms with E-state index in [1.54, 1.807) is 35.4 Å². The minimum Gasteiger partial charge on any atom is -0.477 e. The monoisotopic (exact) mass is 421 g/mol. The third kappa shape index (κ3) is 3.77. The number of carbonyl (C=O) groups excluding carboxylic acids is 1. The van der Waals surface area contributed by atoms with E-state index in [-0.39, 0.29) is 30.0 Å². The fourth-order valence-corrected chi connectivity index (χ4v) is 4.32. The van der Waals surface area contributed by atoms with Crippen LogP contribution in [-0.2, 0) is 4.79 Å². The van der Waals surface area contributed by atoms with Crippen LogP contribution < -0.4 is 4.74 Å². The molecule has 2 aromatic heterocycles. The molecule has 0 fully saturated rings. The van der Waals surface area contributed by atoms with Gasteiger partial charge in [-0.3, -0.25) is 14.9 Å². The van der Waals surface area contributed by atoms with Gasteiger partial charge in [-0.1, -0.05) is 36.4 Å². The Morgan fingerprint density at radius 1 is 1.17 bits per heavy atom. The van der Waals surface area contributed by atoms with Crippen molar-refractivity contribution in [2.45, 2.75) is 6.04 Å². The summed E-state index contributed by atoms with van der Waals surface area (Å²) in [6.07, 6.45) is 1.92. The Labute approximate surface area is 176 Å². The van der Waals surface area contributed by atoms with Gasteiger partial charge in [-0.15, -0.1) is 11.3 Å². The average molecular weight is 421 g/mol. The number of thiophene rings is 1. The van der Waals surface area contributed by atoms with Crippen LogP contribution in [0.1, 0.15) is 16.5 Å². The smallest absolute Gasteiger partial charge is 0.310 e. The van der Waals surface area contributed by atoms with Crippen LogP contribution in [0.15, 0.2) is 72.2 Å². The van der Waals surface area contributed by atoms with Crippen LogP contribution in [0, 0.1) is 10.1 Å². The molecule has 0 aliphatic rings. The van der Waals surface area contributed by atoms with E-state index >= 15 is 0 Å². The number of nitro groups is 1. The van der Waals surface area contributed by atoms with E-state index in [1.165, 1.54) is 12.1 Å². The zero-order valence-corrected chi connectivity index (χ0v) is 17.0. The van der Waals surface area contributed by atoms with Crippen LogP contribution >= 0.6 is 11.3 Å².